The molecule has 6 nitrogen and oxygen atoms in total. The lowest BCUT2D eigenvalue weighted by atomic mass is 10.0. The normalized spacial score (nSPS) is 12.2. The van der Waals surface area contributed by atoms with Gasteiger partial charge in [0, 0.05) is 22.6 Å². The Labute approximate surface area is 171 Å². The molecule has 0 unspecified atom stereocenters. The fourth-order valence-corrected chi connectivity index (χ4v) is 3.39. The van der Waals surface area contributed by atoms with Crippen molar-refractivity contribution in [2.75, 3.05) is 27.7 Å². The molecule has 2 aromatic carbocycles. The molecule has 3 rings (SSSR count). The van der Waals surface area contributed by atoms with Gasteiger partial charge in [0.2, 0.25) is 0 Å². The van der Waals surface area contributed by atoms with Crippen LogP contribution in [0.2, 0.25) is 0 Å². The van der Waals surface area contributed by atoms with E-state index in [9.17, 15) is 9.59 Å². The van der Waals surface area contributed by atoms with Gasteiger partial charge in [-0.1, -0.05) is 34.1 Å². The zero-order chi connectivity index (χ0) is 20.3. The van der Waals surface area contributed by atoms with E-state index in [2.05, 4.69) is 21.2 Å². The van der Waals surface area contributed by atoms with Crippen LogP contribution in [0.5, 0.6) is 5.75 Å². The van der Waals surface area contributed by atoms with Gasteiger partial charge in [-0.25, -0.2) is 0 Å². The number of benzene rings is 2. The predicted molar refractivity (Wildman–Crippen MR) is 112 cm³/mol. The zero-order valence-corrected chi connectivity index (χ0v) is 17.4. The minimum absolute atomic E-state index is 0.0163. The van der Waals surface area contributed by atoms with E-state index >= 15 is 0 Å². The van der Waals surface area contributed by atoms with Crippen LogP contribution in [0.15, 0.2) is 62.2 Å². The third kappa shape index (κ3) is 4.26. The number of rotatable bonds is 6. The Morgan fingerprint density at radius 1 is 1.21 bits per heavy atom. The van der Waals surface area contributed by atoms with Crippen LogP contribution in [0, 0.1) is 0 Å². The number of likely N-dealkylation sites (N-methyl/N-ethyl adjacent to an activating group) is 1. The van der Waals surface area contributed by atoms with Crippen LogP contribution in [0.3, 0.4) is 0 Å². The fourth-order valence-electron chi connectivity index (χ4n) is 3.03. The molecule has 0 radical (unpaired) electrons. The molecule has 0 saturated heterocycles. The Morgan fingerprint density at radius 2 is 1.96 bits per heavy atom. The number of amides is 1. The predicted octanol–water partition coefficient (Wildman–Crippen LogP) is 3.60. The molecule has 0 aliphatic heterocycles. The summed E-state index contributed by atoms with van der Waals surface area (Å²) in [4.78, 5) is 26.9. The van der Waals surface area contributed by atoms with Gasteiger partial charge in [-0.3, -0.25) is 9.59 Å². The highest BCUT2D eigenvalue weighted by Gasteiger charge is 2.20. The number of para-hydroxylation sites is 1. The number of hydrogen-bond donors (Lipinski definition) is 1. The molecule has 1 heterocycles. The Morgan fingerprint density at radius 3 is 2.68 bits per heavy atom. The summed E-state index contributed by atoms with van der Waals surface area (Å²) in [5.74, 6) is 0.291. The molecular formula is C21H21BrN2O4. The molecule has 0 fully saturated rings. The molecule has 3 aromatic rings. The lowest BCUT2D eigenvalue weighted by Crippen LogP contribution is -2.35. The van der Waals surface area contributed by atoms with Crippen LogP contribution in [0.25, 0.3) is 11.0 Å². The van der Waals surface area contributed by atoms with Crippen molar-refractivity contribution in [3.8, 4) is 5.75 Å². The summed E-state index contributed by atoms with van der Waals surface area (Å²) in [6.07, 6.45) is 0. The summed E-state index contributed by atoms with van der Waals surface area (Å²) in [5, 5.41) is 3.28. The molecule has 1 amide bonds. The van der Waals surface area contributed by atoms with Gasteiger partial charge >= 0.3 is 0 Å². The van der Waals surface area contributed by atoms with Crippen molar-refractivity contribution in [3.05, 3.63) is 74.6 Å². The van der Waals surface area contributed by atoms with Crippen LogP contribution in [0.4, 0.5) is 0 Å². The average molecular weight is 445 g/mol. The van der Waals surface area contributed by atoms with E-state index in [0.29, 0.717) is 17.5 Å². The van der Waals surface area contributed by atoms with Gasteiger partial charge in [0.15, 0.2) is 11.2 Å². The Bertz CT molecular complexity index is 1060. The van der Waals surface area contributed by atoms with E-state index in [1.54, 1.807) is 25.3 Å². The van der Waals surface area contributed by atoms with Gasteiger partial charge in [-0.05, 0) is 38.4 Å². The van der Waals surface area contributed by atoms with Gasteiger partial charge in [0.25, 0.3) is 5.91 Å². The largest absolute Gasteiger partial charge is 0.496 e. The molecule has 0 bridgehead atoms. The quantitative estimate of drug-likeness (QED) is 0.628. The van der Waals surface area contributed by atoms with Crippen LogP contribution < -0.4 is 15.5 Å². The number of fused-ring (bicyclic) bond motifs is 1. The van der Waals surface area contributed by atoms with E-state index in [-0.39, 0.29) is 17.2 Å². The molecule has 1 atom stereocenters. The highest BCUT2D eigenvalue weighted by molar-refractivity contribution is 9.10. The van der Waals surface area contributed by atoms with Gasteiger partial charge in [-0.2, -0.15) is 0 Å². The number of carbonyl (C=O) groups excluding carboxylic acids is 1. The molecule has 0 spiro atoms. The molecular weight excluding hydrogens is 424 g/mol. The Hall–Kier alpha value is -2.64. The number of hydrogen-bond acceptors (Lipinski definition) is 5. The summed E-state index contributed by atoms with van der Waals surface area (Å²) in [5.41, 5.74) is 1.07. The van der Waals surface area contributed by atoms with Crippen molar-refractivity contribution in [1.82, 2.24) is 10.2 Å². The van der Waals surface area contributed by atoms with Gasteiger partial charge < -0.3 is 19.4 Å². The standard InChI is InChI=1S/C21H21BrN2O4/c1-24(2)16(14-6-4-5-7-18(14)27-3)12-23-21(26)20-11-17(25)15-10-13(22)8-9-19(15)28-20/h4-11,16H,12H2,1-3H3,(H,23,26)/t16-/m0/s1. The number of ether oxygens (including phenoxy) is 1. The number of halogens is 1. The third-order valence-corrected chi connectivity index (χ3v) is 4.98. The summed E-state index contributed by atoms with van der Waals surface area (Å²) in [6.45, 7) is 0.328. The van der Waals surface area contributed by atoms with Crippen molar-refractivity contribution in [2.45, 2.75) is 6.04 Å². The van der Waals surface area contributed by atoms with Gasteiger partial charge in [0.1, 0.15) is 11.3 Å². The Balaban J connectivity index is 1.83. The van der Waals surface area contributed by atoms with Crippen molar-refractivity contribution < 1.29 is 13.9 Å². The molecule has 1 N–H and O–H groups in total. The second-order valence-corrected chi connectivity index (χ2v) is 7.46. The first-order valence-electron chi connectivity index (χ1n) is 8.71. The first kappa shape index (κ1) is 20.1. The van der Waals surface area contributed by atoms with Gasteiger partial charge in [0.05, 0.1) is 18.5 Å². The number of methoxy groups -OCH3 is 1. The smallest absolute Gasteiger partial charge is 0.287 e. The lowest BCUT2D eigenvalue weighted by Gasteiger charge is -2.26. The van der Waals surface area contributed by atoms with Crippen molar-refractivity contribution >= 4 is 32.8 Å². The number of carbonyl (C=O) groups is 1. The molecule has 28 heavy (non-hydrogen) atoms. The van der Waals surface area contributed by atoms with Crippen LogP contribution >= 0.6 is 15.9 Å². The molecule has 0 aliphatic rings. The van der Waals surface area contributed by atoms with Gasteiger partial charge in [-0.15, -0.1) is 0 Å². The SMILES string of the molecule is COc1ccccc1[C@H](CNC(=O)c1cc(=O)c2cc(Br)ccc2o1)N(C)C. The minimum atomic E-state index is -0.441. The van der Waals surface area contributed by atoms with Crippen LogP contribution in [0.1, 0.15) is 22.2 Å². The van der Waals surface area contributed by atoms with E-state index in [4.69, 9.17) is 9.15 Å². The summed E-state index contributed by atoms with van der Waals surface area (Å²) in [6, 6.07) is 13.9. The second kappa shape index (κ2) is 8.58. The fraction of sp³-hybridized carbons (Fsp3) is 0.238. The number of nitrogens with zero attached hydrogens (tertiary/aromatic N) is 1. The summed E-state index contributed by atoms with van der Waals surface area (Å²) < 4.78 is 11.8. The first-order valence-corrected chi connectivity index (χ1v) is 9.51. The van der Waals surface area contributed by atoms with Crippen LogP contribution in [-0.2, 0) is 0 Å². The molecule has 1 aromatic heterocycles. The average Bonchev–Trinajstić information content (AvgIpc) is 2.68. The summed E-state index contributed by atoms with van der Waals surface area (Å²) in [7, 11) is 5.47. The van der Waals surface area contributed by atoms with E-state index in [0.717, 1.165) is 15.8 Å². The third-order valence-electron chi connectivity index (χ3n) is 4.49. The maximum absolute atomic E-state index is 12.6. The minimum Gasteiger partial charge on any atom is -0.496 e. The summed E-state index contributed by atoms with van der Waals surface area (Å²) >= 11 is 3.33. The maximum atomic E-state index is 12.6. The topological polar surface area (TPSA) is 71.8 Å². The zero-order valence-electron chi connectivity index (χ0n) is 15.9. The monoisotopic (exact) mass is 444 g/mol. The molecule has 146 valence electrons. The number of nitrogens with one attached hydrogen (secondary N) is 1. The highest BCUT2D eigenvalue weighted by atomic mass is 79.9. The van der Waals surface area contributed by atoms with E-state index < -0.39 is 5.91 Å². The first-order chi connectivity index (χ1) is 13.4. The maximum Gasteiger partial charge on any atom is 0.287 e. The lowest BCUT2D eigenvalue weighted by molar-refractivity contribution is 0.0914. The highest BCUT2D eigenvalue weighted by Crippen LogP contribution is 2.27. The van der Waals surface area contributed by atoms with E-state index in [1.807, 2.05) is 43.3 Å². The molecule has 7 heteroatoms. The van der Waals surface area contributed by atoms with E-state index in [1.165, 1.54) is 6.07 Å². The van der Waals surface area contributed by atoms with Crippen molar-refractivity contribution in [1.29, 1.82) is 0 Å². The molecule has 0 aliphatic carbocycles. The van der Waals surface area contributed by atoms with Crippen molar-refractivity contribution in [3.63, 3.8) is 0 Å². The van der Waals surface area contributed by atoms with Crippen LogP contribution in [-0.4, -0.2) is 38.6 Å². The second-order valence-electron chi connectivity index (χ2n) is 6.55. The van der Waals surface area contributed by atoms with Crippen molar-refractivity contribution in [2.24, 2.45) is 0 Å². The Kier molecular flexibility index (Phi) is 6.16. The molecule has 0 saturated carbocycles.